The molecule has 0 spiro atoms. The molecule has 13 heteroatoms. The second kappa shape index (κ2) is 13.8. The van der Waals surface area contributed by atoms with E-state index in [4.69, 9.17) is 24.9 Å². The topological polar surface area (TPSA) is 128 Å². The van der Waals surface area contributed by atoms with Crippen LogP contribution in [0.1, 0.15) is 37.4 Å². The fourth-order valence-corrected chi connectivity index (χ4v) is 5.52. The maximum absolute atomic E-state index is 14.0. The molecule has 216 valence electrons. The molecule has 2 aromatic rings. The number of aromatic nitrogens is 1. The molecule has 3 heterocycles. The van der Waals surface area contributed by atoms with Gasteiger partial charge in [-0.15, -0.1) is 11.3 Å². The summed E-state index contributed by atoms with van der Waals surface area (Å²) in [6.07, 6.45) is 1.67. The lowest BCUT2D eigenvalue weighted by atomic mass is 9.95. The van der Waals surface area contributed by atoms with Gasteiger partial charge in [0.2, 0.25) is 0 Å². The number of carbonyl (C=O) groups is 2. The standard InChI is InChI=1S/C27H33BrFN5O5S/c1-4-38-26(35)21-20(12-34-8-9-37-13-17(34)14-39-27(36)22(30)15(2)3)32-24(25-31-7-10-40-25)33-23(21)18-6-5-16(29)11-19(18)28/h5-7,10-11,15,17,22-23H,4,8-9,12-14,30H2,1-3H3,(H,32,33)/t17-,22?,23?/m0/s1. The molecule has 4 rings (SSSR count). The molecule has 1 aromatic carbocycles. The van der Waals surface area contributed by atoms with Gasteiger partial charge in [-0.1, -0.05) is 35.8 Å². The third kappa shape index (κ3) is 7.13. The van der Waals surface area contributed by atoms with Gasteiger partial charge in [-0.25, -0.2) is 14.2 Å². The Balaban J connectivity index is 1.70. The van der Waals surface area contributed by atoms with Crippen LogP contribution in [0.15, 0.2) is 50.5 Å². The van der Waals surface area contributed by atoms with Crippen LogP contribution in [0.25, 0.3) is 0 Å². The van der Waals surface area contributed by atoms with Crippen molar-refractivity contribution in [2.45, 2.75) is 38.9 Å². The monoisotopic (exact) mass is 637 g/mol. The fourth-order valence-electron chi connectivity index (χ4n) is 4.37. The van der Waals surface area contributed by atoms with Gasteiger partial charge in [-0.2, -0.15) is 0 Å². The Morgan fingerprint density at radius 1 is 1.35 bits per heavy atom. The number of halogens is 2. The summed E-state index contributed by atoms with van der Waals surface area (Å²) in [6, 6.07) is 2.50. The van der Waals surface area contributed by atoms with Crippen LogP contribution in [0.4, 0.5) is 4.39 Å². The van der Waals surface area contributed by atoms with Crippen molar-refractivity contribution in [2.75, 3.05) is 39.5 Å². The van der Waals surface area contributed by atoms with Crippen molar-refractivity contribution >= 4 is 45.0 Å². The Labute approximate surface area is 244 Å². The van der Waals surface area contributed by atoms with Crippen molar-refractivity contribution in [3.05, 3.63) is 61.9 Å². The van der Waals surface area contributed by atoms with Crippen LogP contribution < -0.4 is 11.1 Å². The molecule has 1 fully saturated rings. The summed E-state index contributed by atoms with van der Waals surface area (Å²) in [5.74, 6) is -0.993. The van der Waals surface area contributed by atoms with Crippen LogP contribution in [0.2, 0.25) is 0 Å². The summed E-state index contributed by atoms with van der Waals surface area (Å²) in [5, 5.41) is 5.79. The minimum atomic E-state index is -0.787. The quantitative estimate of drug-likeness (QED) is 0.377. The van der Waals surface area contributed by atoms with E-state index in [9.17, 15) is 14.0 Å². The molecule has 0 radical (unpaired) electrons. The lowest BCUT2D eigenvalue weighted by molar-refractivity contribution is -0.150. The minimum Gasteiger partial charge on any atom is -0.463 e. The third-order valence-electron chi connectivity index (χ3n) is 6.63. The second-order valence-electron chi connectivity index (χ2n) is 9.72. The average molecular weight is 639 g/mol. The van der Waals surface area contributed by atoms with Crippen LogP contribution in [-0.2, 0) is 23.8 Å². The predicted octanol–water partition coefficient (Wildman–Crippen LogP) is 3.18. The number of amidine groups is 1. The van der Waals surface area contributed by atoms with Crippen LogP contribution in [0.5, 0.6) is 0 Å². The number of rotatable bonds is 10. The Morgan fingerprint density at radius 2 is 2.15 bits per heavy atom. The number of nitrogens with one attached hydrogen (secondary N) is 1. The van der Waals surface area contributed by atoms with E-state index < -0.39 is 29.8 Å². The number of esters is 2. The molecule has 3 atom stereocenters. The molecule has 2 aliphatic heterocycles. The Morgan fingerprint density at radius 3 is 2.83 bits per heavy atom. The molecule has 0 saturated carbocycles. The Kier molecular flexibility index (Phi) is 10.4. The largest absolute Gasteiger partial charge is 0.463 e. The number of morpholine rings is 1. The van der Waals surface area contributed by atoms with E-state index in [2.05, 4.69) is 31.1 Å². The van der Waals surface area contributed by atoms with Gasteiger partial charge in [0.05, 0.1) is 31.4 Å². The van der Waals surface area contributed by atoms with E-state index in [1.54, 1.807) is 19.2 Å². The first kappa shape index (κ1) is 30.3. The number of ether oxygens (including phenoxy) is 3. The molecule has 2 aliphatic rings. The summed E-state index contributed by atoms with van der Waals surface area (Å²) in [5.41, 5.74) is 7.43. The average Bonchev–Trinajstić information content (AvgIpc) is 3.47. The zero-order chi connectivity index (χ0) is 28.8. The van der Waals surface area contributed by atoms with Gasteiger partial charge in [0.1, 0.15) is 24.5 Å². The van der Waals surface area contributed by atoms with Crippen LogP contribution in [-0.4, -0.2) is 79.3 Å². The van der Waals surface area contributed by atoms with Gasteiger partial charge in [0.25, 0.3) is 0 Å². The molecule has 3 N–H and O–H groups in total. The van der Waals surface area contributed by atoms with Crippen LogP contribution in [0, 0.1) is 11.7 Å². The minimum absolute atomic E-state index is 0.0544. The summed E-state index contributed by atoms with van der Waals surface area (Å²) in [7, 11) is 0. The van der Waals surface area contributed by atoms with Gasteiger partial charge in [-0.05, 0) is 30.5 Å². The summed E-state index contributed by atoms with van der Waals surface area (Å²) in [6.45, 7) is 7.34. The van der Waals surface area contributed by atoms with Crippen molar-refractivity contribution in [1.29, 1.82) is 0 Å². The van der Waals surface area contributed by atoms with Crippen molar-refractivity contribution < 1.29 is 28.2 Å². The number of nitrogens with zero attached hydrogens (tertiary/aromatic N) is 3. The molecule has 10 nitrogen and oxygen atoms in total. The molecule has 0 aliphatic carbocycles. The SMILES string of the molecule is CCOC(=O)C1=C(CN2CCOC[C@H]2COC(=O)C(N)C(C)C)NC(c2nccs2)=NC1c1ccc(F)cc1Br. The van der Waals surface area contributed by atoms with E-state index >= 15 is 0 Å². The molecular formula is C27H33BrFN5O5S. The van der Waals surface area contributed by atoms with E-state index in [0.717, 1.165) is 0 Å². The normalized spacial score (nSPS) is 20.6. The van der Waals surface area contributed by atoms with Gasteiger partial charge < -0.3 is 25.3 Å². The lowest BCUT2D eigenvalue weighted by Gasteiger charge is -2.37. The van der Waals surface area contributed by atoms with E-state index in [-0.39, 0.29) is 31.7 Å². The first-order valence-electron chi connectivity index (χ1n) is 13.0. The summed E-state index contributed by atoms with van der Waals surface area (Å²) >= 11 is 4.85. The van der Waals surface area contributed by atoms with Crippen LogP contribution in [0.3, 0.4) is 0 Å². The molecular weight excluding hydrogens is 605 g/mol. The molecule has 1 saturated heterocycles. The predicted molar refractivity (Wildman–Crippen MR) is 152 cm³/mol. The highest BCUT2D eigenvalue weighted by Gasteiger charge is 2.36. The highest BCUT2D eigenvalue weighted by molar-refractivity contribution is 9.10. The number of aliphatic imine (C=N–C) groups is 1. The maximum Gasteiger partial charge on any atom is 0.338 e. The van der Waals surface area contributed by atoms with E-state index in [1.165, 1.54) is 23.5 Å². The molecule has 1 aromatic heterocycles. The Bertz CT molecular complexity index is 1270. The van der Waals surface area contributed by atoms with Crippen LogP contribution >= 0.6 is 27.3 Å². The molecule has 0 bridgehead atoms. The number of carbonyl (C=O) groups excluding carboxylic acids is 2. The number of hydrogen-bond donors (Lipinski definition) is 2. The van der Waals surface area contributed by atoms with E-state index in [1.807, 2.05) is 19.2 Å². The number of nitrogens with two attached hydrogens (primary N) is 1. The zero-order valence-electron chi connectivity index (χ0n) is 22.6. The van der Waals surface area contributed by atoms with Crippen molar-refractivity contribution in [1.82, 2.24) is 15.2 Å². The number of thiazole rings is 1. The van der Waals surface area contributed by atoms with Crippen molar-refractivity contribution in [2.24, 2.45) is 16.6 Å². The number of benzene rings is 1. The first-order valence-corrected chi connectivity index (χ1v) is 14.7. The van der Waals surface area contributed by atoms with Crippen molar-refractivity contribution in [3.8, 4) is 0 Å². The first-order chi connectivity index (χ1) is 19.2. The molecule has 2 unspecified atom stereocenters. The smallest absolute Gasteiger partial charge is 0.338 e. The lowest BCUT2D eigenvalue weighted by Crippen LogP contribution is -2.51. The van der Waals surface area contributed by atoms with Gasteiger partial charge >= 0.3 is 11.9 Å². The molecule has 0 amide bonds. The zero-order valence-corrected chi connectivity index (χ0v) is 25.0. The highest BCUT2D eigenvalue weighted by atomic mass is 79.9. The summed E-state index contributed by atoms with van der Waals surface area (Å²) in [4.78, 5) is 37.2. The molecule has 40 heavy (non-hydrogen) atoms. The van der Waals surface area contributed by atoms with Gasteiger partial charge in [-0.3, -0.25) is 14.7 Å². The Hall–Kier alpha value is -2.71. The third-order valence-corrected chi connectivity index (χ3v) is 8.10. The van der Waals surface area contributed by atoms with Gasteiger partial charge in [0, 0.05) is 34.8 Å². The summed E-state index contributed by atoms with van der Waals surface area (Å²) < 4.78 is 31.2. The second-order valence-corrected chi connectivity index (χ2v) is 11.5. The van der Waals surface area contributed by atoms with Crippen molar-refractivity contribution in [3.63, 3.8) is 0 Å². The van der Waals surface area contributed by atoms with E-state index in [0.29, 0.717) is 51.9 Å². The number of hydrogen-bond acceptors (Lipinski definition) is 11. The highest BCUT2D eigenvalue weighted by Crippen LogP contribution is 2.37. The maximum atomic E-state index is 14.0. The van der Waals surface area contributed by atoms with Gasteiger partial charge in [0.15, 0.2) is 10.8 Å². The fraction of sp³-hybridized carbons (Fsp3) is 0.481.